The number of amides is 4. The van der Waals surface area contributed by atoms with E-state index in [4.69, 9.17) is 0 Å². The molecule has 0 bridgehead atoms. The first-order valence-electron chi connectivity index (χ1n) is 10.1. The number of carbonyl (C=O) groups is 3. The molecule has 0 atom stereocenters. The Labute approximate surface area is 185 Å². The van der Waals surface area contributed by atoms with Crippen LogP contribution in [-0.2, 0) is 21.7 Å². The molecule has 3 aromatic rings. The summed E-state index contributed by atoms with van der Waals surface area (Å²) in [4.78, 5) is 43.3. The first-order valence-corrected chi connectivity index (χ1v) is 11.0. The molecule has 0 saturated carbocycles. The second-order valence-corrected chi connectivity index (χ2v) is 8.32. The largest absolute Gasteiger partial charge is 0.336 e. The number of hydrogen-bond donors (Lipinski definition) is 1. The van der Waals surface area contributed by atoms with E-state index in [-0.39, 0.29) is 12.5 Å². The molecule has 1 aliphatic rings. The molecule has 0 aliphatic carbocycles. The lowest BCUT2D eigenvalue weighted by Gasteiger charge is -2.28. The third-order valence-electron chi connectivity index (χ3n) is 5.47. The van der Waals surface area contributed by atoms with Crippen LogP contribution in [-0.4, -0.2) is 40.7 Å². The molecule has 158 valence electrons. The van der Waals surface area contributed by atoms with Crippen LogP contribution in [0.5, 0.6) is 0 Å². The van der Waals surface area contributed by atoms with Crippen LogP contribution in [0.2, 0.25) is 0 Å². The van der Waals surface area contributed by atoms with Gasteiger partial charge in [-0.15, -0.1) is 11.3 Å². The van der Waals surface area contributed by atoms with E-state index in [1.54, 1.807) is 16.2 Å². The number of carbonyl (C=O) groups excluding carboxylic acids is 3. The molecule has 7 heteroatoms. The lowest BCUT2D eigenvalue weighted by Crippen LogP contribution is -2.46. The van der Waals surface area contributed by atoms with Crippen molar-refractivity contribution in [2.75, 3.05) is 13.1 Å². The summed E-state index contributed by atoms with van der Waals surface area (Å²) >= 11 is 1.57. The van der Waals surface area contributed by atoms with Crippen LogP contribution in [0.15, 0.2) is 78.2 Å². The number of rotatable bonds is 7. The van der Waals surface area contributed by atoms with Crippen LogP contribution in [0.25, 0.3) is 0 Å². The fraction of sp³-hybridized carbons (Fsp3) is 0.208. The van der Waals surface area contributed by atoms with E-state index >= 15 is 0 Å². The van der Waals surface area contributed by atoms with E-state index in [2.05, 4.69) is 5.32 Å². The normalized spacial score (nSPS) is 15.1. The fourth-order valence-corrected chi connectivity index (χ4v) is 4.58. The van der Waals surface area contributed by atoms with Crippen molar-refractivity contribution >= 4 is 29.2 Å². The Kier molecular flexibility index (Phi) is 5.86. The second-order valence-electron chi connectivity index (χ2n) is 7.29. The van der Waals surface area contributed by atoms with Gasteiger partial charge in [0.1, 0.15) is 6.54 Å². The van der Waals surface area contributed by atoms with Crippen LogP contribution < -0.4 is 5.32 Å². The maximum atomic E-state index is 13.7. The van der Waals surface area contributed by atoms with Gasteiger partial charge in [0.15, 0.2) is 5.54 Å². The number of hydrogen-bond acceptors (Lipinski definition) is 4. The van der Waals surface area contributed by atoms with Crippen molar-refractivity contribution in [3.05, 3.63) is 94.2 Å². The number of likely N-dealkylation sites (N-methyl/N-ethyl adjacent to an activating group) is 1. The number of imide groups is 1. The summed E-state index contributed by atoms with van der Waals surface area (Å²) in [6.07, 6.45) is 0. The SMILES string of the molecule is CCN(Cc1cccs1)C(=O)CN1C(=O)NC(c2ccccc2)(c2ccccc2)C1=O. The summed E-state index contributed by atoms with van der Waals surface area (Å²) in [6, 6.07) is 21.6. The second kappa shape index (κ2) is 8.73. The van der Waals surface area contributed by atoms with Crippen molar-refractivity contribution < 1.29 is 14.4 Å². The maximum absolute atomic E-state index is 13.7. The van der Waals surface area contributed by atoms with Gasteiger partial charge in [-0.3, -0.25) is 14.5 Å². The number of nitrogens with zero attached hydrogens (tertiary/aromatic N) is 2. The minimum Gasteiger partial charge on any atom is -0.336 e. The summed E-state index contributed by atoms with van der Waals surface area (Å²) in [5.74, 6) is -0.716. The van der Waals surface area contributed by atoms with E-state index in [0.717, 1.165) is 9.78 Å². The van der Waals surface area contributed by atoms with E-state index in [1.165, 1.54) is 0 Å². The predicted molar refractivity (Wildman–Crippen MR) is 119 cm³/mol. The molecular weight excluding hydrogens is 410 g/mol. The third kappa shape index (κ3) is 3.84. The Morgan fingerprint density at radius 1 is 0.968 bits per heavy atom. The van der Waals surface area contributed by atoms with Gasteiger partial charge < -0.3 is 10.2 Å². The zero-order valence-electron chi connectivity index (χ0n) is 17.2. The summed E-state index contributed by atoms with van der Waals surface area (Å²) in [6.45, 7) is 2.53. The number of urea groups is 1. The molecule has 1 saturated heterocycles. The van der Waals surface area contributed by atoms with Gasteiger partial charge in [-0.25, -0.2) is 4.79 Å². The van der Waals surface area contributed by atoms with Crippen LogP contribution in [0.3, 0.4) is 0 Å². The summed E-state index contributed by atoms with van der Waals surface area (Å²) in [7, 11) is 0. The van der Waals surface area contributed by atoms with Crippen molar-refractivity contribution in [2.24, 2.45) is 0 Å². The molecule has 1 fully saturated rings. The van der Waals surface area contributed by atoms with Crippen molar-refractivity contribution in [1.82, 2.24) is 15.1 Å². The molecule has 2 heterocycles. The predicted octanol–water partition coefficient (Wildman–Crippen LogP) is 3.59. The molecule has 0 radical (unpaired) electrons. The number of nitrogens with one attached hydrogen (secondary N) is 1. The lowest BCUT2D eigenvalue weighted by molar-refractivity contribution is -0.138. The first-order chi connectivity index (χ1) is 15.1. The highest BCUT2D eigenvalue weighted by molar-refractivity contribution is 7.09. The van der Waals surface area contributed by atoms with Gasteiger partial charge in [-0.05, 0) is 29.5 Å². The number of benzene rings is 2. The molecular formula is C24H23N3O3S. The molecule has 0 unspecified atom stereocenters. The topological polar surface area (TPSA) is 69.7 Å². The van der Waals surface area contributed by atoms with Crippen molar-refractivity contribution in [2.45, 2.75) is 19.0 Å². The van der Waals surface area contributed by atoms with Gasteiger partial charge >= 0.3 is 6.03 Å². The molecule has 1 aromatic heterocycles. The Morgan fingerprint density at radius 2 is 1.58 bits per heavy atom. The van der Waals surface area contributed by atoms with E-state index in [0.29, 0.717) is 24.2 Å². The minimum atomic E-state index is -1.36. The molecule has 4 rings (SSSR count). The third-order valence-corrected chi connectivity index (χ3v) is 6.33. The van der Waals surface area contributed by atoms with Crippen molar-refractivity contribution in [1.29, 1.82) is 0 Å². The van der Waals surface area contributed by atoms with Crippen LogP contribution in [0, 0.1) is 0 Å². The highest BCUT2D eigenvalue weighted by Gasteiger charge is 2.54. The summed E-state index contributed by atoms with van der Waals surface area (Å²) < 4.78 is 0. The Bertz CT molecular complexity index is 1030. The highest BCUT2D eigenvalue weighted by atomic mass is 32.1. The van der Waals surface area contributed by atoms with Gasteiger partial charge in [-0.2, -0.15) is 0 Å². The van der Waals surface area contributed by atoms with Crippen LogP contribution >= 0.6 is 11.3 Å². The average molecular weight is 434 g/mol. The van der Waals surface area contributed by atoms with Crippen LogP contribution in [0.1, 0.15) is 22.9 Å². The Hall–Kier alpha value is -3.45. The fourth-order valence-electron chi connectivity index (χ4n) is 3.86. The standard InChI is InChI=1S/C24H23N3O3S/c1-2-26(16-20-14-9-15-31-20)21(28)17-27-22(29)24(25-23(27)30,18-10-5-3-6-11-18)19-12-7-4-8-13-19/h3-15H,2,16-17H2,1H3,(H,25,30). The van der Waals surface area contributed by atoms with Crippen LogP contribution in [0.4, 0.5) is 4.79 Å². The van der Waals surface area contributed by atoms with Crippen molar-refractivity contribution in [3.8, 4) is 0 Å². The lowest BCUT2D eigenvalue weighted by atomic mass is 9.82. The zero-order chi connectivity index (χ0) is 21.8. The highest BCUT2D eigenvalue weighted by Crippen LogP contribution is 2.36. The molecule has 31 heavy (non-hydrogen) atoms. The Morgan fingerprint density at radius 3 is 2.10 bits per heavy atom. The van der Waals surface area contributed by atoms with Gasteiger partial charge in [0.25, 0.3) is 5.91 Å². The maximum Gasteiger partial charge on any atom is 0.326 e. The first kappa shape index (κ1) is 20.8. The monoisotopic (exact) mass is 433 g/mol. The summed E-state index contributed by atoms with van der Waals surface area (Å²) in [5, 5.41) is 4.83. The molecule has 2 aromatic carbocycles. The van der Waals surface area contributed by atoms with Gasteiger partial charge in [0.2, 0.25) is 5.91 Å². The Balaban J connectivity index is 1.64. The van der Waals surface area contributed by atoms with E-state index in [1.807, 2.05) is 85.1 Å². The minimum absolute atomic E-state index is 0.267. The molecule has 4 amide bonds. The van der Waals surface area contributed by atoms with E-state index < -0.39 is 17.5 Å². The smallest absolute Gasteiger partial charge is 0.326 e. The zero-order valence-corrected chi connectivity index (χ0v) is 18.0. The summed E-state index contributed by atoms with van der Waals surface area (Å²) in [5.41, 5.74) is -0.0501. The van der Waals surface area contributed by atoms with Gasteiger partial charge in [-0.1, -0.05) is 66.7 Å². The van der Waals surface area contributed by atoms with E-state index in [9.17, 15) is 14.4 Å². The van der Waals surface area contributed by atoms with Gasteiger partial charge in [0.05, 0.1) is 6.54 Å². The number of thiophene rings is 1. The quantitative estimate of drug-likeness (QED) is 0.579. The average Bonchev–Trinajstić information content (AvgIpc) is 3.41. The molecule has 1 aliphatic heterocycles. The van der Waals surface area contributed by atoms with Crippen molar-refractivity contribution in [3.63, 3.8) is 0 Å². The molecule has 6 nitrogen and oxygen atoms in total. The molecule has 0 spiro atoms. The molecule has 1 N–H and O–H groups in total. The van der Waals surface area contributed by atoms with Gasteiger partial charge in [0, 0.05) is 11.4 Å².